The van der Waals surface area contributed by atoms with Gasteiger partial charge in [-0.3, -0.25) is 4.79 Å². The first kappa shape index (κ1) is 13.6. The summed E-state index contributed by atoms with van der Waals surface area (Å²) in [4.78, 5) is 25.0. The monoisotopic (exact) mass is 261 g/mol. The molecule has 0 saturated heterocycles. The smallest absolute Gasteiger partial charge is 0.335 e. The fourth-order valence-electron chi connectivity index (χ4n) is 2.30. The third-order valence-electron chi connectivity index (χ3n) is 3.34. The summed E-state index contributed by atoms with van der Waals surface area (Å²) in [5, 5.41) is 8.82. The molecule has 1 aliphatic carbocycles. The zero-order valence-electron chi connectivity index (χ0n) is 11.3. The van der Waals surface area contributed by atoms with Crippen molar-refractivity contribution in [3.05, 3.63) is 35.4 Å². The lowest BCUT2D eigenvalue weighted by Gasteiger charge is -2.26. The van der Waals surface area contributed by atoms with Crippen LogP contribution in [0, 0.1) is 0 Å². The number of hydrogen-bond acceptors (Lipinski definition) is 2. The maximum atomic E-state index is 12.3. The van der Waals surface area contributed by atoms with E-state index in [1.165, 1.54) is 0 Å². The molecule has 0 aromatic heterocycles. The Morgan fingerprint density at radius 2 is 1.84 bits per heavy atom. The normalized spacial score (nSPS) is 14.5. The highest BCUT2D eigenvalue weighted by molar-refractivity contribution is 5.87. The highest BCUT2D eigenvalue weighted by Gasteiger charge is 2.33. The van der Waals surface area contributed by atoms with Crippen LogP contribution in [0.25, 0.3) is 0 Å². The van der Waals surface area contributed by atoms with Gasteiger partial charge < -0.3 is 10.0 Å². The number of rotatable bonds is 5. The zero-order valence-corrected chi connectivity index (χ0v) is 11.3. The summed E-state index contributed by atoms with van der Waals surface area (Å²) in [6, 6.07) is 7.15. The highest BCUT2D eigenvalue weighted by atomic mass is 16.4. The fraction of sp³-hybridized carbons (Fsp3) is 0.467. The minimum Gasteiger partial charge on any atom is -0.478 e. The molecule has 1 aliphatic rings. The van der Waals surface area contributed by atoms with E-state index in [0.717, 1.165) is 18.4 Å². The summed E-state index contributed by atoms with van der Waals surface area (Å²) >= 11 is 0. The van der Waals surface area contributed by atoms with Crippen molar-refractivity contribution in [2.75, 3.05) is 0 Å². The second kappa shape index (κ2) is 5.43. The van der Waals surface area contributed by atoms with Gasteiger partial charge in [0.2, 0.25) is 5.91 Å². The molecular weight excluding hydrogens is 242 g/mol. The van der Waals surface area contributed by atoms with Crippen LogP contribution in [0.4, 0.5) is 0 Å². The lowest BCUT2D eigenvalue weighted by molar-refractivity contribution is -0.132. The van der Waals surface area contributed by atoms with Crippen molar-refractivity contribution in [3.63, 3.8) is 0 Å². The molecular formula is C15H19NO3. The van der Waals surface area contributed by atoms with Gasteiger partial charge in [-0.05, 0) is 44.4 Å². The molecule has 0 radical (unpaired) electrons. The molecule has 1 fully saturated rings. The highest BCUT2D eigenvalue weighted by Crippen LogP contribution is 2.29. The zero-order chi connectivity index (χ0) is 14.0. The number of carboxylic acid groups (broad SMARTS) is 1. The van der Waals surface area contributed by atoms with E-state index in [2.05, 4.69) is 0 Å². The minimum atomic E-state index is -0.945. The van der Waals surface area contributed by atoms with Crippen LogP contribution in [0.2, 0.25) is 0 Å². The van der Waals surface area contributed by atoms with Crippen molar-refractivity contribution in [2.45, 2.75) is 45.2 Å². The number of carbonyl (C=O) groups is 2. The predicted molar refractivity (Wildman–Crippen MR) is 72.1 cm³/mol. The quantitative estimate of drug-likeness (QED) is 0.885. The van der Waals surface area contributed by atoms with E-state index in [0.29, 0.717) is 12.5 Å². The summed E-state index contributed by atoms with van der Waals surface area (Å²) in [5.74, 6) is -0.819. The Morgan fingerprint density at radius 1 is 1.26 bits per heavy atom. The molecule has 1 N–H and O–H groups in total. The third-order valence-corrected chi connectivity index (χ3v) is 3.34. The molecule has 0 spiro atoms. The Morgan fingerprint density at radius 3 is 2.26 bits per heavy atom. The molecule has 1 amide bonds. The van der Waals surface area contributed by atoms with Gasteiger partial charge in [0.05, 0.1) is 12.0 Å². The van der Waals surface area contributed by atoms with Gasteiger partial charge >= 0.3 is 5.97 Å². The second-order valence-electron chi connectivity index (χ2n) is 5.30. The van der Waals surface area contributed by atoms with E-state index in [1.807, 2.05) is 18.7 Å². The molecule has 2 rings (SSSR count). The van der Waals surface area contributed by atoms with E-state index >= 15 is 0 Å². The van der Waals surface area contributed by atoms with Crippen molar-refractivity contribution in [2.24, 2.45) is 0 Å². The number of amides is 1. The molecule has 0 bridgehead atoms. The summed E-state index contributed by atoms with van der Waals surface area (Å²) in [6.07, 6.45) is 2.54. The molecule has 1 aromatic carbocycles. The van der Waals surface area contributed by atoms with Gasteiger partial charge in [0.15, 0.2) is 0 Å². The Balaban J connectivity index is 2.03. The standard InChI is InChI=1S/C15H19NO3/c1-10(2)16(13-7-8-13)14(17)9-11-3-5-12(6-4-11)15(18)19/h3-6,10,13H,7-9H2,1-2H3,(H,18,19). The lowest BCUT2D eigenvalue weighted by atomic mass is 10.1. The molecule has 102 valence electrons. The molecule has 0 heterocycles. The predicted octanol–water partition coefficient (Wildman–Crippen LogP) is 2.33. The molecule has 0 atom stereocenters. The molecule has 1 aromatic rings. The van der Waals surface area contributed by atoms with Crippen molar-refractivity contribution >= 4 is 11.9 Å². The minimum absolute atomic E-state index is 0.126. The van der Waals surface area contributed by atoms with Gasteiger partial charge in [-0.25, -0.2) is 4.79 Å². The van der Waals surface area contributed by atoms with Crippen LogP contribution in [0.3, 0.4) is 0 Å². The molecule has 0 unspecified atom stereocenters. The number of carboxylic acids is 1. The summed E-state index contributed by atoms with van der Waals surface area (Å²) in [5.41, 5.74) is 1.11. The molecule has 1 saturated carbocycles. The van der Waals surface area contributed by atoms with Crippen LogP contribution in [-0.2, 0) is 11.2 Å². The largest absolute Gasteiger partial charge is 0.478 e. The first-order valence-electron chi connectivity index (χ1n) is 6.62. The Labute approximate surface area is 113 Å². The Hall–Kier alpha value is -1.84. The SMILES string of the molecule is CC(C)N(C(=O)Cc1ccc(C(=O)O)cc1)C1CC1. The van der Waals surface area contributed by atoms with Crippen LogP contribution in [0.1, 0.15) is 42.6 Å². The average Bonchev–Trinajstić information content (AvgIpc) is 3.13. The fourth-order valence-corrected chi connectivity index (χ4v) is 2.30. The topological polar surface area (TPSA) is 57.6 Å². The van der Waals surface area contributed by atoms with E-state index in [4.69, 9.17) is 5.11 Å². The first-order chi connectivity index (χ1) is 8.99. The van der Waals surface area contributed by atoms with Gasteiger partial charge in [0, 0.05) is 12.1 Å². The third kappa shape index (κ3) is 3.34. The van der Waals surface area contributed by atoms with Crippen LogP contribution >= 0.6 is 0 Å². The molecule has 4 heteroatoms. The van der Waals surface area contributed by atoms with Crippen LogP contribution in [0.15, 0.2) is 24.3 Å². The molecule has 0 aliphatic heterocycles. The Kier molecular flexibility index (Phi) is 3.88. The Bertz CT molecular complexity index is 473. The van der Waals surface area contributed by atoms with Gasteiger partial charge in [-0.1, -0.05) is 12.1 Å². The van der Waals surface area contributed by atoms with Crippen LogP contribution < -0.4 is 0 Å². The molecule has 19 heavy (non-hydrogen) atoms. The maximum Gasteiger partial charge on any atom is 0.335 e. The first-order valence-corrected chi connectivity index (χ1v) is 6.62. The van der Waals surface area contributed by atoms with Crippen molar-refractivity contribution < 1.29 is 14.7 Å². The average molecular weight is 261 g/mol. The summed E-state index contributed by atoms with van der Waals surface area (Å²) < 4.78 is 0. The second-order valence-corrected chi connectivity index (χ2v) is 5.30. The van der Waals surface area contributed by atoms with E-state index in [1.54, 1.807) is 24.3 Å². The van der Waals surface area contributed by atoms with E-state index in [9.17, 15) is 9.59 Å². The van der Waals surface area contributed by atoms with Gasteiger partial charge in [-0.15, -0.1) is 0 Å². The number of aromatic carboxylic acids is 1. The number of hydrogen-bond donors (Lipinski definition) is 1. The van der Waals surface area contributed by atoms with Crippen molar-refractivity contribution in [3.8, 4) is 0 Å². The maximum absolute atomic E-state index is 12.3. The van der Waals surface area contributed by atoms with Crippen LogP contribution in [-0.4, -0.2) is 34.0 Å². The van der Waals surface area contributed by atoms with E-state index in [-0.39, 0.29) is 17.5 Å². The van der Waals surface area contributed by atoms with Gasteiger partial charge in [0.25, 0.3) is 0 Å². The number of nitrogens with zero attached hydrogens (tertiary/aromatic N) is 1. The van der Waals surface area contributed by atoms with Gasteiger partial charge in [0.1, 0.15) is 0 Å². The summed E-state index contributed by atoms with van der Waals surface area (Å²) in [6.45, 7) is 4.06. The molecule has 4 nitrogen and oxygen atoms in total. The van der Waals surface area contributed by atoms with E-state index < -0.39 is 5.97 Å². The number of benzene rings is 1. The lowest BCUT2D eigenvalue weighted by Crippen LogP contribution is -2.39. The van der Waals surface area contributed by atoms with Crippen molar-refractivity contribution in [1.82, 2.24) is 4.90 Å². The van der Waals surface area contributed by atoms with Crippen molar-refractivity contribution in [1.29, 1.82) is 0 Å². The van der Waals surface area contributed by atoms with Gasteiger partial charge in [-0.2, -0.15) is 0 Å². The van der Waals surface area contributed by atoms with Crippen LogP contribution in [0.5, 0.6) is 0 Å². The summed E-state index contributed by atoms with van der Waals surface area (Å²) in [7, 11) is 0. The number of carbonyl (C=O) groups excluding carboxylic acids is 1.